The minimum Gasteiger partial charge on any atom is -0.310 e. The van der Waals surface area contributed by atoms with Crippen molar-refractivity contribution in [1.82, 2.24) is 15.1 Å². The van der Waals surface area contributed by atoms with Crippen LogP contribution in [0.4, 0.5) is 0 Å². The fourth-order valence-corrected chi connectivity index (χ4v) is 2.44. The van der Waals surface area contributed by atoms with Crippen molar-refractivity contribution in [3.05, 3.63) is 52.8 Å². The zero-order chi connectivity index (χ0) is 13.8. The van der Waals surface area contributed by atoms with Crippen molar-refractivity contribution in [3.8, 4) is 0 Å². The van der Waals surface area contributed by atoms with Gasteiger partial charge in [0.1, 0.15) is 0 Å². The Kier molecular flexibility index (Phi) is 4.38. The van der Waals surface area contributed by atoms with Crippen molar-refractivity contribution in [1.29, 1.82) is 0 Å². The van der Waals surface area contributed by atoms with E-state index in [0.717, 1.165) is 13.0 Å². The molecule has 0 spiro atoms. The molecule has 1 unspecified atom stereocenters. The van der Waals surface area contributed by atoms with Crippen LogP contribution in [0.1, 0.15) is 35.3 Å². The number of aryl methyl sites for hydroxylation is 3. The van der Waals surface area contributed by atoms with Crippen LogP contribution in [0.3, 0.4) is 0 Å². The lowest BCUT2D eigenvalue weighted by Gasteiger charge is -2.15. The van der Waals surface area contributed by atoms with Gasteiger partial charge in [0.05, 0.1) is 0 Å². The maximum atomic E-state index is 4.18. The van der Waals surface area contributed by atoms with Crippen LogP contribution in [0.5, 0.6) is 0 Å². The molecule has 3 nitrogen and oxygen atoms in total. The van der Waals surface area contributed by atoms with Crippen LogP contribution in [-0.2, 0) is 13.5 Å². The lowest BCUT2D eigenvalue weighted by molar-refractivity contribution is 0.563. The molecule has 0 aliphatic carbocycles. The van der Waals surface area contributed by atoms with Crippen molar-refractivity contribution < 1.29 is 0 Å². The summed E-state index contributed by atoms with van der Waals surface area (Å²) in [6, 6.07) is 9.19. The van der Waals surface area contributed by atoms with E-state index in [-0.39, 0.29) is 0 Å². The van der Waals surface area contributed by atoms with E-state index in [4.69, 9.17) is 0 Å². The van der Waals surface area contributed by atoms with Crippen LogP contribution >= 0.6 is 0 Å². The Morgan fingerprint density at radius 1 is 1.21 bits per heavy atom. The first-order valence-corrected chi connectivity index (χ1v) is 6.84. The lowest BCUT2D eigenvalue weighted by atomic mass is 10.0. The molecule has 0 aliphatic rings. The number of nitrogens with zero attached hydrogens (tertiary/aromatic N) is 2. The van der Waals surface area contributed by atoms with Crippen molar-refractivity contribution in [3.63, 3.8) is 0 Å². The first kappa shape index (κ1) is 13.8. The van der Waals surface area contributed by atoms with Gasteiger partial charge in [0.2, 0.25) is 0 Å². The highest BCUT2D eigenvalue weighted by molar-refractivity contribution is 5.30. The molecule has 1 heterocycles. The second kappa shape index (κ2) is 6.02. The zero-order valence-corrected chi connectivity index (χ0v) is 12.3. The third-order valence-corrected chi connectivity index (χ3v) is 3.50. The maximum Gasteiger partial charge on any atom is 0.0492 e. The fraction of sp³-hybridized carbons (Fsp3) is 0.438. The van der Waals surface area contributed by atoms with Crippen LogP contribution in [-0.4, -0.2) is 16.3 Å². The topological polar surface area (TPSA) is 29.9 Å². The summed E-state index contributed by atoms with van der Waals surface area (Å²) in [6.45, 7) is 7.49. The van der Waals surface area contributed by atoms with E-state index >= 15 is 0 Å². The predicted molar refractivity (Wildman–Crippen MR) is 79.2 cm³/mol. The SMILES string of the molecule is Cc1cc(C)cc(C(C)NCCc2ccnn2C)c1. The molecular formula is C16H23N3. The predicted octanol–water partition coefficient (Wildman–Crippen LogP) is 2.93. The normalized spacial score (nSPS) is 12.6. The van der Waals surface area contributed by atoms with E-state index in [1.807, 2.05) is 17.9 Å². The van der Waals surface area contributed by atoms with Crippen molar-refractivity contribution in [2.24, 2.45) is 7.05 Å². The summed E-state index contributed by atoms with van der Waals surface area (Å²) in [7, 11) is 1.99. The molecule has 0 radical (unpaired) electrons. The van der Waals surface area contributed by atoms with Crippen LogP contribution < -0.4 is 5.32 Å². The second-order valence-corrected chi connectivity index (χ2v) is 5.29. The molecule has 102 valence electrons. The first-order valence-electron chi connectivity index (χ1n) is 6.84. The van der Waals surface area contributed by atoms with Gasteiger partial charge in [-0.2, -0.15) is 5.10 Å². The average Bonchev–Trinajstić information content (AvgIpc) is 2.74. The molecule has 1 N–H and O–H groups in total. The smallest absolute Gasteiger partial charge is 0.0492 e. The quantitative estimate of drug-likeness (QED) is 0.892. The summed E-state index contributed by atoms with van der Waals surface area (Å²) in [5, 5.41) is 7.76. The number of nitrogens with one attached hydrogen (secondary N) is 1. The monoisotopic (exact) mass is 257 g/mol. The number of benzene rings is 1. The van der Waals surface area contributed by atoms with Gasteiger partial charge < -0.3 is 5.32 Å². The summed E-state index contributed by atoms with van der Waals surface area (Å²) < 4.78 is 1.93. The van der Waals surface area contributed by atoms with Gasteiger partial charge in [-0.25, -0.2) is 0 Å². The second-order valence-electron chi connectivity index (χ2n) is 5.29. The minimum absolute atomic E-state index is 0.381. The van der Waals surface area contributed by atoms with Gasteiger partial charge in [0.25, 0.3) is 0 Å². The van der Waals surface area contributed by atoms with E-state index in [1.54, 1.807) is 0 Å². The lowest BCUT2D eigenvalue weighted by Crippen LogP contribution is -2.22. The molecule has 0 aliphatic heterocycles. The molecule has 3 heteroatoms. The van der Waals surface area contributed by atoms with Crippen molar-refractivity contribution in [2.75, 3.05) is 6.54 Å². The van der Waals surface area contributed by atoms with Crippen LogP contribution in [0.25, 0.3) is 0 Å². The van der Waals surface area contributed by atoms with E-state index in [2.05, 4.69) is 55.5 Å². The summed E-state index contributed by atoms with van der Waals surface area (Å²) in [4.78, 5) is 0. The molecule has 1 aromatic heterocycles. The Morgan fingerprint density at radius 3 is 2.47 bits per heavy atom. The standard InChI is InChI=1S/C16H23N3/c1-12-9-13(2)11-15(10-12)14(3)17-7-5-16-6-8-18-19(16)4/h6,8-11,14,17H,5,7H2,1-4H3. The summed E-state index contributed by atoms with van der Waals surface area (Å²) in [5.41, 5.74) is 5.29. The molecule has 1 aromatic carbocycles. The van der Waals surface area contributed by atoms with Gasteiger partial charge in [-0.3, -0.25) is 4.68 Å². The number of rotatable bonds is 5. The van der Waals surface area contributed by atoms with Gasteiger partial charge >= 0.3 is 0 Å². The van der Waals surface area contributed by atoms with Crippen molar-refractivity contribution in [2.45, 2.75) is 33.2 Å². The Morgan fingerprint density at radius 2 is 1.89 bits per heavy atom. The van der Waals surface area contributed by atoms with Crippen LogP contribution in [0.2, 0.25) is 0 Å². The molecule has 1 atom stereocenters. The maximum absolute atomic E-state index is 4.18. The minimum atomic E-state index is 0.381. The highest BCUT2D eigenvalue weighted by Gasteiger charge is 2.06. The molecule has 2 aromatic rings. The molecular weight excluding hydrogens is 234 g/mol. The van der Waals surface area contributed by atoms with Crippen molar-refractivity contribution >= 4 is 0 Å². The van der Waals surface area contributed by atoms with Gasteiger partial charge in [-0.05, 0) is 32.4 Å². The van der Waals surface area contributed by atoms with E-state index in [0.29, 0.717) is 6.04 Å². The largest absolute Gasteiger partial charge is 0.310 e. The average molecular weight is 257 g/mol. The molecule has 19 heavy (non-hydrogen) atoms. The van der Waals surface area contributed by atoms with E-state index < -0.39 is 0 Å². The summed E-state index contributed by atoms with van der Waals surface area (Å²) in [5.74, 6) is 0. The molecule has 0 saturated carbocycles. The van der Waals surface area contributed by atoms with Gasteiger partial charge in [0.15, 0.2) is 0 Å². The first-order chi connectivity index (χ1) is 9.06. The van der Waals surface area contributed by atoms with Gasteiger partial charge in [-0.15, -0.1) is 0 Å². The Balaban J connectivity index is 1.90. The third kappa shape index (κ3) is 3.67. The fourth-order valence-electron chi connectivity index (χ4n) is 2.44. The summed E-state index contributed by atoms with van der Waals surface area (Å²) in [6.07, 6.45) is 2.86. The van der Waals surface area contributed by atoms with Crippen LogP contribution in [0, 0.1) is 13.8 Å². The number of aromatic nitrogens is 2. The molecule has 0 saturated heterocycles. The molecule has 0 bridgehead atoms. The summed E-state index contributed by atoms with van der Waals surface area (Å²) >= 11 is 0. The molecule has 0 amide bonds. The molecule has 2 rings (SSSR count). The van der Waals surface area contributed by atoms with Crippen LogP contribution in [0.15, 0.2) is 30.5 Å². The number of hydrogen-bond donors (Lipinski definition) is 1. The van der Waals surface area contributed by atoms with E-state index in [9.17, 15) is 0 Å². The molecule has 0 fully saturated rings. The van der Waals surface area contributed by atoms with Gasteiger partial charge in [0, 0.05) is 37.9 Å². The Labute approximate surface area is 115 Å². The third-order valence-electron chi connectivity index (χ3n) is 3.50. The van der Waals surface area contributed by atoms with E-state index in [1.165, 1.54) is 22.4 Å². The number of hydrogen-bond acceptors (Lipinski definition) is 2. The highest BCUT2D eigenvalue weighted by Crippen LogP contribution is 2.16. The highest BCUT2D eigenvalue weighted by atomic mass is 15.3. The Hall–Kier alpha value is -1.61. The zero-order valence-electron chi connectivity index (χ0n) is 12.3. The van der Waals surface area contributed by atoms with Gasteiger partial charge in [-0.1, -0.05) is 29.3 Å². The Bertz CT molecular complexity index is 522.